The summed E-state index contributed by atoms with van der Waals surface area (Å²) in [6.07, 6.45) is 0.666. The highest BCUT2D eigenvalue weighted by molar-refractivity contribution is 5.88. The van der Waals surface area contributed by atoms with E-state index in [0.29, 0.717) is 34.3 Å². The maximum Gasteiger partial charge on any atom is 0.284 e. The number of methoxy groups -OCH3 is 3. The molecule has 31 heavy (non-hydrogen) atoms. The highest BCUT2D eigenvalue weighted by Gasteiger charge is 2.27. The lowest BCUT2D eigenvalue weighted by Gasteiger charge is -2.25. The first-order chi connectivity index (χ1) is 15.1. The van der Waals surface area contributed by atoms with Gasteiger partial charge in [-0.15, -0.1) is 0 Å². The Morgan fingerprint density at radius 2 is 1.65 bits per heavy atom. The molecule has 8 heteroatoms. The number of nitrogens with one attached hydrogen (secondary N) is 1. The Balaban J connectivity index is 1.45. The van der Waals surface area contributed by atoms with Gasteiger partial charge in [-0.25, -0.2) is 5.43 Å². The van der Waals surface area contributed by atoms with Gasteiger partial charge in [0.1, 0.15) is 6.61 Å². The van der Waals surface area contributed by atoms with Crippen LogP contribution in [0.4, 0.5) is 0 Å². The standard InChI is InChI=1S/C23H22N2O6/c1-27-19-8-14(9-20(28-2)22(19)29-3)12-24-25-23(26)21-13-30-17-10-15-6-4-5-7-16(15)11-18(17)31-21/h4-12,21H,13H2,1-3H3,(H,25,26)/b24-12-/t21-/m0/s1. The first kappa shape index (κ1) is 20.3. The molecule has 0 aliphatic carbocycles. The lowest BCUT2D eigenvalue weighted by atomic mass is 10.1. The third kappa shape index (κ3) is 4.18. The Kier molecular flexibility index (Phi) is 5.79. The van der Waals surface area contributed by atoms with Crippen molar-refractivity contribution in [1.29, 1.82) is 0 Å². The lowest BCUT2D eigenvalue weighted by Crippen LogP contribution is -2.42. The highest BCUT2D eigenvalue weighted by Crippen LogP contribution is 2.38. The largest absolute Gasteiger partial charge is 0.493 e. The first-order valence-corrected chi connectivity index (χ1v) is 9.58. The SMILES string of the molecule is COc1cc(/C=N\NC(=O)[C@@H]2COc3cc4ccccc4cc3O2)cc(OC)c1OC. The molecule has 0 bridgehead atoms. The van der Waals surface area contributed by atoms with Gasteiger partial charge in [0.25, 0.3) is 5.91 Å². The van der Waals surface area contributed by atoms with Crippen molar-refractivity contribution in [2.24, 2.45) is 5.10 Å². The third-order valence-corrected chi connectivity index (χ3v) is 4.84. The van der Waals surface area contributed by atoms with Crippen molar-refractivity contribution in [3.8, 4) is 28.7 Å². The number of fused-ring (bicyclic) bond motifs is 2. The number of rotatable bonds is 6. The Labute approximate surface area is 179 Å². The van der Waals surface area contributed by atoms with Gasteiger partial charge in [-0.2, -0.15) is 5.10 Å². The van der Waals surface area contributed by atoms with Crippen molar-refractivity contribution in [1.82, 2.24) is 5.43 Å². The molecule has 8 nitrogen and oxygen atoms in total. The molecule has 3 aromatic rings. The van der Waals surface area contributed by atoms with E-state index in [9.17, 15) is 4.79 Å². The van der Waals surface area contributed by atoms with Crippen molar-refractivity contribution in [2.75, 3.05) is 27.9 Å². The van der Waals surface area contributed by atoms with E-state index in [2.05, 4.69) is 10.5 Å². The van der Waals surface area contributed by atoms with Crippen LogP contribution in [0.15, 0.2) is 53.6 Å². The van der Waals surface area contributed by atoms with Gasteiger partial charge >= 0.3 is 0 Å². The average molecular weight is 422 g/mol. The molecule has 1 heterocycles. The fourth-order valence-electron chi connectivity index (χ4n) is 3.30. The van der Waals surface area contributed by atoms with Crippen LogP contribution < -0.4 is 29.1 Å². The van der Waals surface area contributed by atoms with Crippen LogP contribution in [-0.4, -0.2) is 46.2 Å². The van der Waals surface area contributed by atoms with Crippen LogP contribution in [0.2, 0.25) is 0 Å². The van der Waals surface area contributed by atoms with Crippen LogP contribution in [0.25, 0.3) is 10.8 Å². The third-order valence-electron chi connectivity index (χ3n) is 4.84. The minimum absolute atomic E-state index is 0.0941. The van der Waals surface area contributed by atoms with Crippen LogP contribution >= 0.6 is 0 Å². The van der Waals surface area contributed by atoms with Crippen molar-refractivity contribution >= 4 is 22.9 Å². The summed E-state index contributed by atoms with van der Waals surface area (Å²) < 4.78 is 27.5. The van der Waals surface area contributed by atoms with Crippen molar-refractivity contribution in [3.05, 3.63) is 54.1 Å². The number of ether oxygens (including phenoxy) is 5. The number of benzene rings is 3. The number of hydrogen-bond donors (Lipinski definition) is 1. The van der Waals surface area contributed by atoms with Crippen LogP contribution in [0.5, 0.6) is 28.7 Å². The van der Waals surface area contributed by atoms with Crippen LogP contribution in [-0.2, 0) is 4.79 Å². The van der Waals surface area contributed by atoms with Gasteiger partial charge < -0.3 is 23.7 Å². The molecule has 0 aromatic heterocycles. The molecule has 1 N–H and O–H groups in total. The highest BCUT2D eigenvalue weighted by atomic mass is 16.6. The second-order valence-electron chi connectivity index (χ2n) is 6.76. The normalized spacial score (nSPS) is 15.0. The maximum atomic E-state index is 12.5. The molecule has 0 spiro atoms. The summed E-state index contributed by atoms with van der Waals surface area (Å²) in [4.78, 5) is 12.5. The second-order valence-corrected chi connectivity index (χ2v) is 6.76. The van der Waals surface area contributed by atoms with E-state index in [1.165, 1.54) is 27.5 Å². The predicted octanol–water partition coefficient (Wildman–Crippen LogP) is 3.16. The Bertz CT molecular complexity index is 1120. The topological polar surface area (TPSA) is 87.6 Å². The molecule has 4 rings (SSSR count). The summed E-state index contributed by atoms with van der Waals surface area (Å²) in [5.41, 5.74) is 3.14. The van der Waals surface area contributed by atoms with E-state index in [1.807, 2.05) is 36.4 Å². The number of carbonyl (C=O) groups is 1. The fraction of sp³-hybridized carbons (Fsp3) is 0.217. The fourth-order valence-corrected chi connectivity index (χ4v) is 3.30. The van der Waals surface area contributed by atoms with Gasteiger partial charge in [0.05, 0.1) is 27.5 Å². The smallest absolute Gasteiger partial charge is 0.284 e. The quantitative estimate of drug-likeness (QED) is 0.485. The Hall–Kier alpha value is -3.94. The molecule has 0 saturated carbocycles. The minimum Gasteiger partial charge on any atom is -0.493 e. The van der Waals surface area contributed by atoms with Gasteiger partial charge in [-0.05, 0) is 35.0 Å². The summed E-state index contributed by atoms with van der Waals surface area (Å²) >= 11 is 0. The zero-order chi connectivity index (χ0) is 21.8. The van der Waals surface area contributed by atoms with Crippen LogP contribution in [0.1, 0.15) is 5.56 Å². The zero-order valence-electron chi connectivity index (χ0n) is 17.4. The number of hydrogen-bond acceptors (Lipinski definition) is 7. The molecule has 0 radical (unpaired) electrons. The number of hydrazone groups is 1. The summed E-state index contributed by atoms with van der Waals surface area (Å²) in [5.74, 6) is 2.18. The monoisotopic (exact) mass is 422 g/mol. The van der Waals surface area contributed by atoms with Gasteiger partial charge in [0, 0.05) is 5.56 Å². The van der Waals surface area contributed by atoms with Crippen LogP contribution in [0, 0.1) is 0 Å². The van der Waals surface area contributed by atoms with E-state index < -0.39 is 12.0 Å². The van der Waals surface area contributed by atoms with E-state index >= 15 is 0 Å². The molecular formula is C23H22N2O6. The summed E-state index contributed by atoms with van der Waals surface area (Å²) in [6.45, 7) is 0.0941. The first-order valence-electron chi connectivity index (χ1n) is 9.58. The number of nitrogens with zero attached hydrogens (tertiary/aromatic N) is 1. The van der Waals surface area contributed by atoms with E-state index in [0.717, 1.165) is 10.8 Å². The molecular weight excluding hydrogens is 400 g/mol. The zero-order valence-corrected chi connectivity index (χ0v) is 17.4. The minimum atomic E-state index is -0.814. The van der Waals surface area contributed by atoms with Gasteiger partial charge in [-0.1, -0.05) is 24.3 Å². The molecule has 1 atom stereocenters. The molecule has 1 amide bonds. The summed E-state index contributed by atoms with van der Waals surface area (Å²) in [6, 6.07) is 15.1. The molecule has 1 aliphatic rings. The van der Waals surface area contributed by atoms with Crippen LogP contribution in [0.3, 0.4) is 0 Å². The Morgan fingerprint density at radius 3 is 2.26 bits per heavy atom. The Morgan fingerprint density at radius 1 is 1.00 bits per heavy atom. The molecule has 0 saturated heterocycles. The molecule has 160 valence electrons. The number of carbonyl (C=O) groups excluding carboxylic acids is 1. The van der Waals surface area contributed by atoms with E-state index in [1.54, 1.807) is 12.1 Å². The molecule has 3 aromatic carbocycles. The van der Waals surface area contributed by atoms with E-state index in [-0.39, 0.29) is 6.61 Å². The maximum absolute atomic E-state index is 12.5. The van der Waals surface area contributed by atoms with Gasteiger partial charge in [0.15, 0.2) is 23.0 Å². The summed E-state index contributed by atoms with van der Waals surface area (Å²) in [7, 11) is 4.59. The number of amides is 1. The lowest BCUT2D eigenvalue weighted by molar-refractivity contribution is -0.130. The molecule has 0 fully saturated rings. The van der Waals surface area contributed by atoms with Gasteiger partial charge in [-0.3, -0.25) is 4.79 Å². The van der Waals surface area contributed by atoms with Crippen molar-refractivity contribution in [2.45, 2.75) is 6.10 Å². The summed E-state index contributed by atoms with van der Waals surface area (Å²) in [5, 5.41) is 6.07. The molecule has 1 aliphatic heterocycles. The van der Waals surface area contributed by atoms with Crippen molar-refractivity contribution in [3.63, 3.8) is 0 Å². The predicted molar refractivity (Wildman–Crippen MR) is 116 cm³/mol. The van der Waals surface area contributed by atoms with E-state index in [4.69, 9.17) is 23.7 Å². The molecule has 0 unspecified atom stereocenters. The van der Waals surface area contributed by atoms with Crippen molar-refractivity contribution < 1.29 is 28.5 Å². The van der Waals surface area contributed by atoms with Gasteiger partial charge in [0.2, 0.25) is 11.9 Å². The second kappa shape index (κ2) is 8.83. The average Bonchev–Trinajstić information content (AvgIpc) is 2.81.